The lowest BCUT2D eigenvalue weighted by Crippen LogP contribution is -2.48. The Labute approximate surface area is 181 Å². The molecule has 3 rings (SSSR count). The third-order valence-corrected chi connectivity index (χ3v) is 7.13. The molecule has 168 valence electrons. The molecule has 0 saturated heterocycles. The molecule has 1 aliphatic carbocycles. The van der Waals surface area contributed by atoms with Gasteiger partial charge in [-0.15, -0.1) is 0 Å². The Bertz CT molecular complexity index is 950. The normalized spacial score (nSPS) is 19.4. The summed E-state index contributed by atoms with van der Waals surface area (Å²) < 4.78 is 24.5. The summed E-state index contributed by atoms with van der Waals surface area (Å²) in [7, 11) is -3.57. The highest BCUT2D eigenvalue weighted by Gasteiger charge is 2.20. The average Bonchev–Trinajstić information content (AvgIpc) is 2.74. The minimum absolute atomic E-state index is 0.0480. The molecule has 1 amide bonds. The molecule has 4 N–H and O–H groups in total. The van der Waals surface area contributed by atoms with E-state index in [1.807, 2.05) is 0 Å². The Balaban J connectivity index is 1.57. The van der Waals surface area contributed by atoms with Crippen molar-refractivity contribution in [2.75, 3.05) is 11.1 Å². The van der Waals surface area contributed by atoms with Gasteiger partial charge in [0.15, 0.2) is 9.84 Å². The van der Waals surface area contributed by atoms with E-state index in [0.717, 1.165) is 12.8 Å². The van der Waals surface area contributed by atoms with Crippen LogP contribution < -0.4 is 16.0 Å². The van der Waals surface area contributed by atoms with Gasteiger partial charge in [-0.25, -0.2) is 13.4 Å². The van der Waals surface area contributed by atoms with E-state index < -0.39 is 15.8 Å². The molecule has 10 heteroatoms. The average molecular weight is 449 g/mol. The second-order valence-corrected chi connectivity index (χ2v) is 9.86. The number of carbonyl (C=O) groups excluding carboxylic acids is 1. The number of nitrogens with zero attached hydrogens (tertiary/aromatic N) is 1. The number of amides is 1. The van der Waals surface area contributed by atoms with E-state index in [1.165, 1.54) is 49.9 Å². The number of aliphatic carboxylic acids is 1. The molecule has 0 aromatic heterocycles. The van der Waals surface area contributed by atoms with Gasteiger partial charge in [0.1, 0.15) is 5.70 Å². The third-order valence-electron chi connectivity index (χ3n) is 5.31. The van der Waals surface area contributed by atoms with Gasteiger partial charge in [-0.3, -0.25) is 14.9 Å². The van der Waals surface area contributed by atoms with E-state index in [4.69, 9.17) is 5.11 Å². The zero-order valence-electron chi connectivity index (χ0n) is 17.2. The molecule has 0 spiro atoms. The molecule has 0 radical (unpaired) electrons. The molecule has 1 aromatic rings. The predicted octanol–water partition coefficient (Wildman–Crippen LogP) is 2.03. The molecule has 2 aliphatic rings. The fourth-order valence-electron chi connectivity index (χ4n) is 3.66. The minimum Gasteiger partial charge on any atom is -0.481 e. The molecule has 1 aliphatic heterocycles. The molecule has 1 unspecified atom stereocenters. The first kappa shape index (κ1) is 23.0. The first-order valence-corrected chi connectivity index (χ1v) is 12.1. The molecule has 0 bridgehead atoms. The van der Waals surface area contributed by atoms with Crippen molar-refractivity contribution >= 4 is 33.7 Å². The van der Waals surface area contributed by atoms with Crippen LogP contribution in [0.2, 0.25) is 0 Å². The summed E-state index contributed by atoms with van der Waals surface area (Å²) in [4.78, 5) is 27.3. The van der Waals surface area contributed by atoms with Gasteiger partial charge in [-0.2, -0.15) is 0 Å². The number of carbonyl (C=O) groups is 2. The molecular formula is C21H28N4O5S. The fraction of sp³-hybridized carbons (Fsp3) is 0.476. The second-order valence-electron chi connectivity index (χ2n) is 7.75. The van der Waals surface area contributed by atoms with Crippen molar-refractivity contribution in [1.29, 1.82) is 0 Å². The Hall–Kier alpha value is -2.72. The Morgan fingerprint density at radius 2 is 1.84 bits per heavy atom. The lowest BCUT2D eigenvalue weighted by Gasteiger charge is -2.28. The maximum absolute atomic E-state index is 12.6. The van der Waals surface area contributed by atoms with Crippen molar-refractivity contribution in [3.8, 4) is 0 Å². The monoisotopic (exact) mass is 448 g/mol. The summed E-state index contributed by atoms with van der Waals surface area (Å²) in [6.07, 6.45) is 8.85. The van der Waals surface area contributed by atoms with E-state index in [2.05, 4.69) is 20.9 Å². The number of rotatable bonds is 9. The molecule has 1 heterocycles. The number of aliphatic imine (C=N–C) groups is 1. The minimum atomic E-state index is -3.57. The lowest BCUT2D eigenvalue weighted by atomic mass is 9.95. The lowest BCUT2D eigenvalue weighted by molar-refractivity contribution is -0.137. The summed E-state index contributed by atoms with van der Waals surface area (Å²) in [6.45, 7) is 0. The number of sulfone groups is 1. The molecule has 1 fully saturated rings. The molecule has 31 heavy (non-hydrogen) atoms. The van der Waals surface area contributed by atoms with Gasteiger partial charge in [0.05, 0.1) is 23.2 Å². The number of anilines is 1. The SMILES string of the molecule is O=C(O)CCCS(=O)(=O)c1ccc(NC(=O)C2=CC(NC3CCCCC3)NC=N2)cc1. The summed E-state index contributed by atoms with van der Waals surface area (Å²) in [6, 6.07) is 6.23. The van der Waals surface area contributed by atoms with Gasteiger partial charge in [0.2, 0.25) is 0 Å². The fourth-order valence-corrected chi connectivity index (χ4v) is 4.97. The van der Waals surface area contributed by atoms with Crippen molar-refractivity contribution in [3.63, 3.8) is 0 Å². The smallest absolute Gasteiger partial charge is 0.303 e. The zero-order chi connectivity index (χ0) is 22.3. The quantitative estimate of drug-likeness (QED) is 0.454. The summed E-state index contributed by atoms with van der Waals surface area (Å²) in [5.74, 6) is -1.65. The van der Waals surface area contributed by atoms with E-state index >= 15 is 0 Å². The molecule has 1 saturated carbocycles. The van der Waals surface area contributed by atoms with E-state index in [9.17, 15) is 18.0 Å². The zero-order valence-corrected chi connectivity index (χ0v) is 18.0. The largest absolute Gasteiger partial charge is 0.481 e. The highest BCUT2D eigenvalue weighted by Crippen LogP contribution is 2.19. The van der Waals surface area contributed by atoms with Crippen molar-refractivity contribution in [3.05, 3.63) is 36.0 Å². The number of benzene rings is 1. The highest BCUT2D eigenvalue weighted by molar-refractivity contribution is 7.91. The second kappa shape index (κ2) is 10.5. The topological polar surface area (TPSA) is 137 Å². The van der Waals surface area contributed by atoms with Gasteiger partial charge >= 0.3 is 5.97 Å². The van der Waals surface area contributed by atoms with Gasteiger partial charge < -0.3 is 15.7 Å². The van der Waals surface area contributed by atoms with Crippen molar-refractivity contribution in [2.45, 2.75) is 62.0 Å². The van der Waals surface area contributed by atoms with Gasteiger partial charge in [0.25, 0.3) is 5.91 Å². The van der Waals surface area contributed by atoms with E-state index in [-0.39, 0.29) is 41.3 Å². The third kappa shape index (κ3) is 6.90. The van der Waals surface area contributed by atoms with Crippen LogP contribution in [-0.2, 0) is 19.4 Å². The van der Waals surface area contributed by atoms with Gasteiger partial charge in [-0.05, 0) is 49.6 Å². The molecule has 9 nitrogen and oxygen atoms in total. The van der Waals surface area contributed by atoms with Crippen molar-refractivity contribution in [1.82, 2.24) is 10.6 Å². The number of hydrogen-bond acceptors (Lipinski definition) is 7. The maximum atomic E-state index is 12.6. The number of carboxylic acid groups (broad SMARTS) is 1. The number of carboxylic acids is 1. The maximum Gasteiger partial charge on any atom is 0.303 e. The molecule has 1 aromatic carbocycles. The Morgan fingerprint density at radius 1 is 1.13 bits per heavy atom. The van der Waals surface area contributed by atoms with Crippen LogP contribution in [-0.4, -0.2) is 49.7 Å². The molecule has 1 atom stereocenters. The van der Waals surface area contributed by atoms with Crippen LogP contribution in [0, 0.1) is 0 Å². The summed E-state index contributed by atoms with van der Waals surface area (Å²) in [5.41, 5.74) is 0.721. The van der Waals surface area contributed by atoms with E-state index in [1.54, 1.807) is 6.08 Å². The van der Waals surface area contributed by atoms with Crippen molar-refractivity contribution < 1.29 is 23.1 Å². The predicted molar refractivity (Wildman–Crippen MR) is 118 cm³/mol. The van der Waals surface area contributed by atoms with Crippen LogP contribution in [0.3, 0.4) is 0 Å². The van der Waals surface area contributed by atoms with Gasteiger partial charge in [-0.1, -0.05) is 19.3 Å². The van der Waals surface area contributed by atoms with Crippen LogP contribution in [0.4, 0.5) is 5.69 Å². The number of nitrogens with one attached hydrogen (secondary N) is 3. The van der Waals surface area contributed by atoms with Crippen LogP contribution in [0.25, 0.3) is 0 Å². The standard InChI is InChI=1S/C21H28N4O5S/c26-20(27)7-4-12-31(29,30)17-10-8-16(9-11-17)25-21(28)18-13-19(23-14-22-18)24-15-5-2-1-3-6-15/h8-11,13-15,19,24H,1-7,12H2,(H,22,23)(H,25,28)(H,26,27). The summed E-state index contributed by atoms with van der Waals surface area (Å²) >= 11 is 0. The summed E-state index contributed by atoms with van der Waals surface area (Å²) in [5, 5.41) is 18.0. The Kier molecular flexibility index (Phi) is 7.80. The van der Waals surface area contributed by atoms with Gasteiger partial charge in [0, 0.05) is 18.2 Å². The van der Waals surface area contributed by atoms with E-state index in [0.29, 0.717) is 11.7 Å². The Morgan fingerprint density at radius 3 is 2.52 bits per heavy atom. The first-order chi connectivity index (χ1) is 14.8. The highest BCUT2D eigenvalue weighted by atomic mass is 32.2. The molecular weight excluding hydrogens is 420 g/mol. The van der Waals surface area contributed by atoms with Crippen molar-refractivity contribution in [2.24, 2.45) is 4.99 Å². The first-order valence-electron chi connectivity index (χ1n) is 10.5. The van der Waals surface area contributed by atoms with Crippen LogP contribution in [0.15, 0.2) is 45.9 Å². The van der Waals surface area contributed by atoms with Crippen LogP contribution >= 0.6 is 0 Å². The number of hydrogen-bond donors (Lipinski definition) is 4. The van der Waals surface area contributed by atoms with Crippen LogP contribution in [0.5, 0.6) is 0 Å². The van der Waals surface area contributed by atoms with Crippen LogP contribution in [0.1, 0.15) is 44.9 Å².